The standard InChI is InChI=1S/C15H33NO4Si/c1-14(2,3)21(6,7)19-10-12(9-17)16-8-13-11-18-15(4,5)20-13/h12-13,16-17H,8-11H2,1-7H3/t12-,13+/m1/s1. The first-order valence-corrected chi connectivity index (χ1v) is 10.7. The highest BCUT2D eigenvalue weighted by molar-refractivity contribution is 6.74. The van der Waals surface area contributed by atoms with E-state index >= 15 is 0 Å². The molecule has 0 aromatic rings. The Hall–Kier alpha value is 0.0169. The second kappa shape index (κ2) is 7.06. The highest BCUT2D eigenvalue weighted by Gasteiger charge is 2.38. The molecule has 1 rings (SSSR count). The molecule has 0 spiro atoms. The fourth-order valence-corrected chi connectivity index (χ4v) is 2.91. The van der Waals surface area contributed by atoms with Gasteiger partial charge < -0.3 is 24.3 Å². The van der Waals surface area contributed by atoms with Crippen LogP contribution in [0, 0.1) is 0 Å². The summed E-state index contributed by atoms with van der Waals surface area (Å²) in [7, 11) is -1.77. The van der Waals surface area contributed by atoms with Gasteiger partial charge in [0.05, 0.1) is 32.0 Å². The second-order valence-corrected chi connectivity index (χ2v) is 12.6. The number of nitrogens with one attached hydrogen (secondary N) is 1. The molecule has 1 aliphatic rings. The SMILES string of the molecule is CC1(C)OC[C@H](CN[C@H](CO)CO[Si](C)(C)C(C)(C)C)O1. The fourth-order valence-electron chi connectivity index (χ4n) is 1.86. The summed E-state index contributed by atoms with van der Waals surface area (Å²) in [5.41, 5.74) is 0. The predicted molar refractivity (Wildman–Crippen MR) is 86.9 cm³/mol. The Balaban J connectivity index is 2.36. The van der Waals surface area contributed by atoms with Crippen molar-refractivity contribution in [2.75, 3.05) is 26.4 Å². The highest BCUT2D eigenvalue weighted by atomic mass is 28.4. The average Bonchev–Trinajstić information content (AvgIpc) is 2.67. The molecule has 0 radical (unpaired) electrons. The average molecular weight is 320 g/mol. The number of aliphatic hydroxyl groups is 1. The monoisotopic (exact) mass is 319 g/mol. The van der Waals surface area contributed by atoms with E-state index < -0.39 is 14.1 Å². The normalized spacial score (nSPS) is 24.3. The molecule has 2 N–H and O–H groups in total. The summed E-state index contributed by atoms with van der Waals surface area (Å²) in [5.74, 6) is -0.501. The van der Waals surface area contributed by atoms with Gasteiger partial charge in [0.2, 0.25) is 0 Å². The Bertz CT molecular complexity index is 328. The first-order chi connectivity index (χ1) is 9.47. The van der Waals surface area contributed by atoms with Crippen LogP contribution in [-0.4, -0.2) is 57.7 Å². The summed E-state index contributed by atoms with van der Waals surface area (Å²) in [5, 5.41) is 13.0. The molecule has 0 bridgehead atoms. The van der Waals surface area contributed by atoms with Gasteiger partial charge in [-0.2, -0.15) is 0 Å². The lowest BCUT2D eigenvalue weighted by atomic mass is 10.2. The molecule has 126 valence electrons. The zero-order valence-electron chi connectivity index (χ0n) is 14.7. The number of ether oxygens (including phenoxy) is 2. The van der Waals surface area contributed by atoms with Gasteiger partial charge in [0.15, 0.2) is 14.1 Å². The fraction of sp³-hybridized carbons (Fsp3) is 1.00. The third-order valence-electron chi connectivity index (χ3n) is 4.37. The van der Waals surface area contributed by atoms with Gasteiger partial charge in [0, 0.05) is 6.54 Å². The molecule has 6 heteroatoms. The summed E-state index contributed by atoms with van der Waals surface area (Å²) in [6, 6.07) is -0.0635. The Morgan fingerprint density at radius 1 is 1.38 bits per heavy atom. The van der Waals surface area contributed by atoms with Gasteiger partial charge in [-0.25, -0.2) is 0 Å². The van der Waals surface area contributed by atoms with Crippen molar-refractivity contribution in [2.24, 2.45) is 0 Å². The van der Waals surface area contributed by atoms with Gasteiger partial charge >= 0.3 is 0 Å². The van der Waals surface area contributed by atoms with Crippen molar-refractivity contribution in [1.82, 2.24) is 5.32 Å². The Morgan fingerprint density at radius 2 is 2.00 bits per heavy atom. The largest absolute Gasteiger partial charge is 0.415 e. The molecule has 5 nitrogen and oxygen atoms in total. The Morgan fingerprint density at radius 3 is 2.43 bits per heavy atom. The lowest BCUT2D eigenvalue weighted by Crippen LogP contribution is -2.47. The molecule has 0 unspecified atom stereocenters. The number of aliphatic hydroxyl groups excluding tert-OH is 1. The maximum absolute atomic E-state index is 9.50. The van der Waals surface area contributed by atoms with E-state index in [9.17, 15) is 5.11 Å². The van der Waals surface area contributed by atoms with Crippen molar-refractivity contribution >= 4 is 8.32 Å². The van der Waals surface area contributed by atoms with Crippen LogP contribution >= 0.6 is 0 Å². The van der Waals surface area contributed by atoms with Crippen LogP contribution in [-0.2, 0) is 13.9 Å². The summed E-state index contributed by atoms with van der Waals surface area (Å²) in [4.78, 5) is 0. The van der Waals surface area contributed by atoms with Crippen molar-refractivity contribution in [1.29, 1.82) is 0 Å². The van der Waals surface area contributed by atoms with Crippen molar-refractivity contribution in [2.45, 2.75) is 70.7 Å². The molecule has 1 aliphatic heterocycles. The molecule has 21 heavy (non-hydrogen) atoms. The lowest BCUT2D eigenvalue weighted by molar-refractivity contribution is -0.138. The quantitative estimate of drug-likeness (QED) is 0.704. The van der Waals surface area contributed by atoms with Gasteiger partial charge in [-0.15, -0.1) is 0 Å². The van der Waals surface area contributed by atoms with Crippen LogP contribution in [0.3, 0.4) is 0 Å². The van der Waals surface area contributed by atoms with Crippen LogP contribution in [0.1, 0.15) is 34.6 Å². The third kappa shape index (κ3) is 5.96. The molecule has 1 heterocycles. The first-order valence-electron chi connectivity index (χ1n) is 7.77. The third-order valence-corrected chi connectivity index (χ3v) is 8.87. The van der Waals surface area contributed by atoms with E-state index in [1.165, 1.54) is 0 Å². The van der Waals surface area contributed by atoms with E-state index in [-0.39, 0.29) is 23.8 Å². The molecule has 0 aliphatic carbocycles. The van der Waals surface area contributed by atoms with E-state index in [0.29, 0.717) is 19.8 Å². The lowest BCUT2D eigenvalue weighted by Gasteiger charge is -2.37. The topological polar surface area (TPSA) is 60.0 Å². The molecule has 0 saturated carbocycles. The molecule has 1 saturated heterocycles. The van der Waals surface area contributed by atoms with Crippen molar-refractivity contribution in [3.63, 3.8) is 0 Å². The maximum atomic E-state index is 9.50. The van der Waals surface area contributed by atoms with Gasteiger partial charge in [0.1, 0.15) is 0 Å². The first kappa shape index (κ1) is 19.1. The van der Waals surface area contributed by atoms with Crippen LogP contribution in [0.15, 0.2) is 0 Å². The Labute approximate surface area is 130 Å². The van der Waals surface area contributed by atoms with Crippen LogP contribution in [0.2, 0.25) is 18.1 Å². The molecule has 0 aromatic heterocycles. The highest BCUT2D eigenvalue weighted by Crippen LogP contribution is 2.36. The summed E-state index contributed by atoms with van der Waals surface area (Å²) >= 11 is 0. The molecular weight excluding hydrogens is 286 g/mol. The van der Waals surface area contributed by atoms with Crippen molar-refractivity contribution in [3.8, 4) is 0 Å². The van der Waals surface area contributed by atoms with E-state index in [0.717, 1.165) is 0 Å². The molecule has 0 amide bonds. The molecule has 0 aromatic carbocycles. The van der Waals surface area contributed by atoms with Gasteiger partial charge in [0.25, 0.3) is 0 Å². The minimum atomic E-state index is -1.77. The second-order valence-electron chi connectivity index (χ2n) is 7.81. The predicted octanol–water partition coefficient (Wildman–Crippen LogP) is 2.11. The van der Waals surface area contributed by atoms with Crippen LogP contribution in [0.5, 0.6) is 0 Å². The molecule has 1 fully saturated rings. The molecule has 2 atom stereocenters. The zero-order chi connectivity index (χ0) is 16.3. The smallest absolute Gasteiger partial charge is 0.192 e. The van der Waals surface area contributed by atoms with Crippen molar-refractivity contribution < 1.29 is 19.0 Å². The summed E-state index contributed by atoms with van der Waals surface area (Å²) in [6.45, 7) is 16.8. The minimum Gasteiger partial charge on any atom is -0.415 e. The van der Waals surface area contributed by atoms with E-state index in [4.69, 9.17) is 13.9 Å². The summed E-state index contributed by atoms with van der Waals surface area (Å²) in [6.07, 6.45) is 0.0296. The number of hydrogen-bond acceptors (Lipinski definition) is 5. The van der Waals surface area contributed by atoms with Crippen molar-refractivity contribution in [3.05, 3.63) is 0 Å². The van der Waals surface area contributed by atoms with Gasteiger partial charge in [-0.1, -0.05) is 20.8 Å². The van der Waals surface area contributed by atoms with Crippen LogP contribution in [0.4, 0.5) is 0 Å². The Kier molecular flexibility index (Phi) is 6.41. The zero-order valence-corrected chi connectivity index (χ0v) is 15.7. The molecular formula is C15H33NO4Si. The van der Waals surface area contributed by atoms with Gasteiger partial charge in [-0.05, 0) is 32.0 Å². The minimum absolute atomic E-state index is 0.0296. The number of hydrogen-bond donors (Lipinski definition) is 2. The summed E-state index contributed by atoms with van der Waals surface area (Å²) < 4.78 is 17.4. The van der Waals surface area contributed by atoms with Gasteiger partial charge in [-0.3, -0.25) is 0 Å². The number of rotatable bonds is 7. The maximum Gasteiger partial charge on any atom is 0.192 e. The van der Waals surface area contributed by atoms with Crippen LogP contribution < -0.4 is 5.32 Å². The van der Waals surface area contributed by atoms with E-state index in [1.54, 1.807) is 0 Å². The van der Waals surface area contributed by atoms with E-state index in [1.807, 2.05) is 13.8 Å². The van der Waals surface area contributed by atoms with E-state index in [2.05, 4.69) is 39.2 Å². The van der Waals surface area contributed by atoms with Crippen LogP contribution in [0.25, 0.3) is 0 Å².